The molecule has 1 atom stereocenters. The zero-order valence-corrected chi connectivity index (χ0v) is 14.5. The van der Waals surface area contributed by atoms with Crippen LogP contribution in [0.1, 0.15) is 12.0 Å². The van der Waals surface area contributed by atoms with E-state index in [0.717, 1.165) is 32.0 Å². The SMILES string of the molecule is Cc1cc(-c2nc3ccccc3s2)ccc1N1C[C@@H](C(N)=O)CC1=O. The van der Waals surface area contributed by atoms with E-state index in [-0.39, 0.29) is 12.3 Å². The summed E-state index contributed by atoms with van der Waals surface area (Å²) in [6, 6.07) is 14.0. The number of carbonyl (C=O) groups excluding carboxylic acids is 2. The van der Waals surface area contributed by atoms with Gasteiger partial charge in [-0.25, -0.2) is 4.98 Å². The molecule has 2 N–H and O–H groups in total. The number of nitrogens with two attached hydrogens (primary N) is 1. The average molecular weight is 351 g/mol. The second kappa shape index (κ2) is 5.97. The molecule has 0 saturated carbocycles. The van der Waals surface area contributed by atoms with Crippen LogP contribution in [0.5, 0.6) is 0 Å². The van der Waals surface area contributed by atoms with Gasteiger partial charge in [0.05, 0.1) is 16.1 Å². The maximum atomic E-state index is 12.2. The minimum absolute atomic E-state index is 0.0559. The third-order valence-electron chi connectivity index (χ3n) is 4.56. The number of hydrogen-bond donors (Lipinski definition) is 1. The molecule has 4 rings (SSSR count). The molecule has 1 aromatic heterocycles. The largest absolute Gasteiger partial charge is 0.369 e. The van der Waals surface area contributed by atoms with Crippen LogP contribution in [0.15, 0.2) is 42.5 Å². The van der Waals surface area contributed by atoms with Crippen molar-refractivity contribution in [1.82, 2.24) is 4.98 Å². The molecule has 5 nitrogen and oxygen atoms in total. The van der Waals surface area contributed by atoms with Gasteiger partial charge in [0, 0.05) is 24.2 Å². The van der Waals surface area contributed by atoms with Gasteiger partial charge in [-0.15, -0.1) is 11.3 Å². The fourth-order valence-electron chi connectivity index (χ4n) is 3.22. The van der Waals surface area contributed by atoms with E-state index in [4.69, 9.17) is 5.73 Å². The highest BCUT2D eigenvalue weighted by Crippen LogP contribution is 2.34. The smallest absolute Gasteiger partial charge is 0.227 e. The Labute approximate surface area is 149 Å². The summed E-state index contributed by atoms with van der Waals surface area (Å²) in [6.45, 7) is 2.33. The molecule has 6 heteroatoms. The van der Waals surface area contributed by atoms with E-state index in [9.17, 15) is 9.59 Å². The number of amides is 2. The fraction of sp³-hybridized carbons (Fsp3) is 0.211. The second-order valence-electron chi connectivity index (χ2n) is 6.30. The number of benzene rings is 2. The Morgan fingerprint density at radius 2 is 2.08 bits per heavy atom. The maximum absolute atomic E-state index is 12.2. The number of hydrogen-bond acceptors (Lipinski definition) is 4. The molecule has 1 aliphatic heterocycles. The summed E-state index contributed by atoms with van der Waals surface area (Å²) in [5, 5.41) is 0.957. The highest BCUT2D eigenvalue weighted by molar-refractivity contribution is 7.21. The molecule has 2 aromatic carbocycles. The maximum Gasteiger partial charge on any atom is 0.227 e. The highest BCUT2D eigenvalue weighted by atomic mass is 32.1. The van der Waals surface area contributed by atoms with Gasteiger partial charge in [0.15, 0.2) is 0 Å². The van der Waals surface area contributed by atoms with Gasteiger partial charge in [0.2, 0.25) is 11.8 Å². The molecule has 2 amide bonds. The summed E-state index contributed by atoms with van der Waals surface area (Å²) in [5.41, 5.74) is 9.18. The molecule has 0 aliphatic carbocycles. The lowest BCUT2D eigenvalue weighted by molar-refractivity contribution is -0.123. The zero-order chi connectivity index (χ0) is 17.6. The highest BCUT2D eigenvalue weighted by Gasteiger charge is 2.34. The number of carbonyl (C=O) groups is 2. The molecular formula is C19H17N3O2S. The van der Waals surface area contributed by atoms with Gasteiger partial charge in [-0.3, -0.25) is 9.59 Å². The second-order valence-corrected chi connectivity index (χ2v) is 7.33. The number of nitrogens with zero attached hydrogens (tertiary/aromatic N) is 2. The fourth-order valence-corrected chi connectivity index (χ4v) is 4.18. The van der Waals surface area contributed by atoms with Crippen molar-refractivity contribution in [2.24, 2.45) is 11.7 Å². The third-order valence-corrected chi connectivity index (χ3v) is 5.64. The number of anilines is 1. The van der Waals surface area contributed by atoms with Crippen molar-refractivity contribution in [3.05, 3.63) is 48.0 Å². The Bertz CT molecular complexity index is 962. The molecule has 0 bridgehead atoms. The summed E-state index contributed by atoms with van der Waals surface area (Å²) >= 11 is 1.65. The van der Waals surface area contributed by atoms with Gasteiger partial charge < -0.3 is 10.6 Å². The average Bonchev–Trinajstić information content (AvgIpc) is 3.18. The molecule has 1 fully saturated rings. The molecule has 1 aliphatic rings. The Balaban J connectivity index is 1.67. The molecule has 2 heterocycles. The van der Waals surface area contributed by atoms with Crippen LogP contribution in [0, 0.1) is 12.8 Å². The Hall–Kier alpha value is -2.73. The number of aryl methyl sites for hydroxylation is 1. The van der Waals surface area contributed by atoms with Crippen LogP contribution in [-0.2, 0) is 9.59 Å². The van der Waals surface area contributed by atoms with Crippen LogP contribution >= 0.6 is 11.3 Å². The van der Waals surface area contributed by atoms with E-state index in [0.29, 0.717) is 6.54 Å². The van der Waals surface area contributed by atoms with E-state index in [1.807, 2.05) is 43.3 Å². The summed E-state index contributed by atoms with van der Waals surface area (Å²) in [4.78, 5) is 29.9. The van der Waals surface area contributed by atoms with Crippen LogP contribution in [0.3, 0.4) is 0 Å². The van der Waals surface area contributed by atoms with Gasteiger partial charge in [-0.2, -0.15) is 0 Å². The van der Waals surface area contributed by atoms with Crippen LogP contribution in [0.4, 0.5) is 5.69 Å². The number of primary amides is 1. The quantitative estimate of drug-likeness (QED) is 0.788. The van der Waals surface area contributed by atoms with Gasteiger partial charge in [0.1, 0.15) is 5.01 Å². The lowest BCUT2D eigenvalue weighted by Gasteiger charge is -2.19. The lowest BCUT2D eigenvalue weighted by atomic mass is 10.1. The first-order valence-corrected chi connectivity index (χ1v) is 8.91. The van der Waals surface area contributed by atoms with Crippen LogP contribution in [0.25, 0.3) is 20.8 Å². The normalized spacial score (nSPS) is 17.4. The predicted molar refractivity (Wildman–Crippen MR) is 99.4 cm³/mol. The van der Waals surface area contributed by atoms with Gasteiger partial charge in [-0.1, -0.05) is 12.1 Å². The molecule has 25 heavy (non-hydrogen) atoms. The van der Waals surface area contributed by atoms with Crippen LogP contribution < -0.4 is 10.6 Å². The number of aromatic nitrogens is 1. The van der Waals surface area contributed by atoms with E-state index >= 15 is 0 Å². The van der Waals surface area contributed by atoms with E-state index in [1.165, 1.54) is 0 Å². The van der Waals surface area contributed by atoms with Crippen LogP contribution in [-0.4, -0.2) is 23.3 Å². The van der Waals surface area contributed by atoms with Crippen molar-refractivity contribution < 1.29 is 9.59 Å². The topological polar surface area (TPSA) is 76.3 Å². The first-order valence-electron chi connectivity index (χ1n) is 8.09. The van der Waals surface area contributed by atoms with Crippen molar-refractivity contribution in [1.29, 1.82) is 0 Å². The molecular weight excluding hydrogens is 334 g/mol. The Morgan fingerprint density at radius 3 is 2.76 bits per heavy atom. The van der Waals surface area contributed by atoms with Gasteiger partial charge in [0.25, 0.3) is 0 Å². The standard InChI is InChI=1S/C19H17N3O2S/c1-11-8-12(19-21-14-4-2-3-5-16(14)25-19)6-7-15(11)22-10-13(18(20)24)9-17(22)23/h2-8,13H,9-10H2,1H3,(H2,20,24)/t13-/m0/s1. The molecule has 3 aromatic rings. The molecule has 1 saturated heterocycles. The van der Waals surface area contributed by atoms with Crippen molar-refractivity contribution in [2.75, 3.05) is 11.4 Å². The third kappa shape index (κ3) is 2.78. The number of thiazole rings is 1. The minimum atomic E-state index is -0.417. The first kappa shape index (κ1) is 15.8. The zero-order valence-electron chi connectivity index (χ0n) is 13.7. The Morgan fingerprint density at radius 1 is 1.28 bits per heavy atom. The van der Waals surface area contributed by atoms with Gasteiger partial charge >= 0.3 is 0 Å². The van der Waals surface area contributed by atoms with Crippen LogP contribution in [0.2, 0.25) is 0 Å². The lowest BCUT2D eigenvalue weighted by Crippen LogP contribution is -2.28. The van der Waals surface area contributed by atoms with Crippen molar-refractivity contribution in [2.45, 2.75) is 13.3 Å². The molecule has 0 spiro atoms. The summed E-state index contributed by atoms with van der Waals surface area (Å²) in [7, 11) is 0. The Kier molecular flexibility index (Phi) is 3.77. The first-order chi connectivity index (χ1) is 12.0. The van der Waals surface area contributed by atoms with Crippen molar-refractivity contribution in [3.63, 3.8) is 0 Å². The predicted octanol–water partition coefficient (Wildman–Crippen LogP) is 3.11. The summed E-state index contributed by atoms with van der Waals surface area (Å²) in [5.74, 6) is -0.880. The summed E-state index contributed by atoms with van der Waals surface area (Å²) in [6.07, 6.45) is 0.189. The van der Waals surface area contributed by atoms with E-state index < -0.39 is 11.8 Å². The number of rotatable bonds is 3. The van der Waals surface area contributed by atoms with E-state index in [1.54, 1.807) is 16.2 Å². The van der Waals surface area contributed by atoms with Crippen molar-refractivity contribution >= 4 is 39.1 Å². The molecule has 126 valence electrons. The van der Waals surface area contributed by atoms with E-state index in [2.05, 4.69) is 11.1 Å². The monoisotopic (exact) mass is 351 g/mol. The van der Waals surface area contributed by atoms with Gasteiger partial charge in [-0.05, 0) is 42.8 Å². The molecule has 0 radical (unpaired) electrons. The number of para-hydroxylation sites is 1. The number of fused-ring (bicyclic) bond motifs is 1. The molecule has 0 unspecified atom stereocenters. The minimum Gasteiger partial charge on any atom is -0.369 e. The summed E-state index contributed by atoms with van der Waals surface area (Å²) < 4.78 is 1.15. The van der Waals surface area contributed by atoms with Crippen molar-refractivity contribution in [3.8, 4) is 10.6 Å².